The van der Waals surface area contributed by atoms with Crippen LogP contribution in [0.4, 0.5) is 5.69 Å². The van der Waals surface area contributed by atoms with Crippen molar-refractivity contribution < 1.29 is 14.7 Å². The summed E-state index contributed by atoms with van der Waals surface area (Å²) in [6.07, 6.45) is 4.88. The van der Waals surface area contributed by atoms with Crippen molar-refractivity contribution in [1.82, 2.24) is 10.4 Å². The number of carbonyl (C=O) groups excluding carboxylic acids is 1. The minimum atomic E-state index is -1.00. The molecule has 162 valence electrons. The number of aromatic amines is 1. The largest absolute Gasteiger partial charge is 0.480 e. The van der Waals surface area contributed by atoms with Gasteiger partial charge in [0, 0.05) is 22.3 Å². The second-order valence-electron chi connectivity index (χ2n) is 9.46. The maximum absolute atomic E-state index is 13.2. The van der Waals surface area contributed by atoms with Crippen molar-refractivity contribution in [2.45, 2.75) is 71.3 Å². The van der Waals surface area contributed by atoms with Crippen LogP contribution in [0.2, 0.25) is 0 Å². The van der Waals surface area contributed by atoms with E-state index in [1.54, 1.807) is 6.92 Å². The molecule has 7 heteroatoms. The van der Waals surface area contributed by atoms with Crippen LogP contribution in [0.3, 0.4) is 0 Å². The Morgan fingerprint density at radius 1 is 1.23 bits per heavy atom. The van der Waals surface area contributed by atoms with Gasteiger partial charge < -0.3 is 10.1 Å². The van der Waals surface area contributed by atoms with Crippen LogP contribution < -0.4 is 10.3 Å². The third kappa shape index (κ3) is 2.82. The van der Waals surface area contributed by atoms with Crippen LogP contribution in [0.1, 0.15) is 70.2 Å². The smallest absolute Gasteiger partial charge is 0.326 e. The molecule has 5 rings (SSSR count). The quantitative estimate of drug-likeness (QED) is 0.685. The average Bonchev–Trinajstić information content (AvgIpc) is 3.11. The Morgan fingerprint density at radius 3 is 2.74 bits per heavy atom. The number of hydrogen-bond acceptors (Lipinski definition) is 4. The Morgan fingerprint density at radius 2 is 2.00 bits per heavy atom. The summed E-state index contributed by atoms with van der Waals surface area (Å²) in [7, 11) is 0. The van der Waals surface area contributed by atoms with Crippen LogP contribution in [-0.2, 0) is 21.4 Å². The van der Waals surface area contributed by atoms with E-state index in [0.717, 1.165) is 65.7 Å². The molecule has 1 aliphatic carbocycles. The van der Waals surface area contributed by atoms with E-state index >= 15 is 0 Å². The van der Waals surface area contributed by atoms with Gasteiger partial charge in [0.05, 0.1) is 16.8 Å². The molecule has 1 aromatic carbocycles. The lowest BCUT2D eigenvalue weighted by atomic mass is 9.85. The Hall–Kier alpha value is -3.09. The number of nitrogens with one attached hydrogen (secondary N) is 2. The number of carboxylic acids is 1. The van der Waals surface area contributed by atoms with Crippen molar-refractivity contribution in [2.75, 3.05) is 4.90 Å². The number of hydrogen-bond donors (Lipinski definition) is 3. The van der Waals surface area contributed by atoms with Gasteiger partial charge in [-0.05, 0) is 88.6 Å². The van der Waals surface area contributed by atoms with Gasteiger partial charge >= 0.3 is 5.97 Å². The number of aliphatic carboxylic acids is 1. The molecule has 7 nitrogen and oxygen atoms in total. The zero-order valence-corrected chi connectivity index (χ0v) is 18.4. The summed E-state index contributed by atoms with van der Waals surface area (Å²) in [6, 6.07) is 3.13. The van der Waals surface area contributed by atoms with E-state index in [1.807, 2.05) is 26.0 Å². The SMILES string of the molecule is CC1=C2CCCc3c([nH]c4cc5c(cc34)N(C(C)C(=O)O)C(=O)C5(C)C)C(=NN1)CC2. The highest BCUT2D eigenvalue weighted by molar-refractivity contribution is 6.13. The number of benzene rings is 1. The van der Waals surface area contributed by atoms with Crippen molar-refractivity contribution in [2.24, 2.45) is 5.10 Å². The van der Waals surface area contributed by atoms with E-state index < -0.39 is 17.4 Å². The van der Waals surface area contributed by atoms with E-state index in [0.29, 0.717) is 5.69 Å². The fourth-order valence-corrected chi connectivity index (χ4v) is 5.23. The van der Waals surface area contributed by atoms with Crippen LogP contribution in [-0.4, -0.2) is 33.7 Å². The van der Waals surface area contributed by atoms with E-state index in [9.17, 15) is 14.7 Å². The van der Waals surface area contributed by atoms with E-state index in [2.05, 4.69) is 22.4 Å². The van der Waals surface area contributed by atoms with Crippen molar-refractivity contribution in [3.8, 4) is 0 Å². The van der Waals surface area contributed by atoms with Crippen LogP contribution >= 0.6 is 0 Å². The van der Waals surface area contributed by atoms with Crippen LogP contribution in [0.25, 0.3) is 10.9 Å². The number of rotatable bonds is 2. The van der Waals surface area contributed by atoms with Gasteiger partial charge in [-0.3, -0.25) is 15.1 Å². The maximum atomic E-state index is 13.2. The number of anilines is 1. The number of allylic oxidation sites excluding steroid dienone is 2. The number of nitrogens with zero attached hydrogens (tertiary/aromatic N) is 2. The minimum absolute atomic E-state index is 0.171. The number of aromatic nitrogens is 1. The number of H-pyrrole nitrogens is 1. The van der Waals surface area contributed by atoms with Gasteiger partial charge in [-0.1, -0.05) is 0 Å². The predicted molar refractivity (Wildman–Crippen MR) is 120 cm³/mol. The normalized spacial score (nSPS) is 21.0. The fourth-order valence-electron chi connectivity index (χ4n) is 5.23. The van der Waals surface area contributed by atoms with E-state index in [1.165, 1.54) is 16.0 Å². The zero-order valence-electron chi connectivity index (χ0n) is 18.4. The highest BCUT2D eigenvalue weighted by Gasteiger charge is 2.47. The van der Waals surface area contributed by atoms with Crippen molar-refractivity contribution in [1.29, 1.82) is 0 Å². The van der Waals surface area contributed by atoms with Crippen molar-refractivity contribution in [3.63, 3.8) is 0 Å². The fraction of sp³-hybridized carbons (Fsp3) is 0.458. The molecule has 0 saturated carbocycles. The number of aryl methyl sites for hydroxylation is 1. The lowest BCUT2D eigenvalue weighted by Crippen LogP contribution is -2.45. The van der Waals surface area contributed by atoms with E-state index in [-0.39, 0.29) is 5.91 Å². The van der Waals surface area contributed by atoms with Crippen LogP contribution in [0.15, 0.2) is 28.5 Å². The second kappa shape index (κ2) is 6.70. The van der Waals surface area contributed by atoms with Gasteiger partial charge in [0.1, 0.15) is 6.04 Å². The lowest BCUT2D eigenvalue weighted by Gasteiger charge is -2.24. The number of carboxylic acid groups (broad SMARTS) is 1. The maximum Gasteiger partial charge on any atom is 0.326 e. The first-order valence-electron chi connectivity index (χ1n) is 11.0. The Kier molecular flexibility index (Phi) is 4.29. The molecular weight excluding hydrogens is 392 g/mol. The van der Waals surface area contributed by atoms with Crippen molar-refractivity contribution >= 4 is 34.2 Å². The number of hydrazone groups is 1. The average molecular weight is 421 g/mol. The summed E-state index contributed by atoms with van der Waals surface area (Å²) in [6.45, 7) is 7.40. The first kappa shape index (κ1) is 19.8. The highest BCUT2D eigenvalue weighted by Crippen LogP contribution is 2.45. The van der Waals surface area contributed by atoms with Gasteiger partial charge in [-0.25, -0.2) is 4.79 Å². The Labute approximate surface area is 181 Å². The predicted octanol–water partition coefficient (Wildman–Crippen LogP) is 3.96. The molecule has 0 fully saturated rings. The number of carbonyl (C=O) groups is 2. The summed E-state index contributed by atoms with van der Waals surface area (Å²) in [4.78, 5) is 29.9. The summed E-state index contributed by atoms with van der Waals surface area (Å²) in [5.74, 6) is -1.17. The monoisotopic (exact) mass is 420 g/mol. The Bertz CT molecular complexity index is 1200. The van der Waals surface area contributed by atoms with Gasteiger partial charge in [0.2, 0.25) is 5.91 Å². The van der Waals surface area contributed by atoms with Crippen LogP contribution in [0, 0.1) is 0 Å². The molecule has 3 aliphatic rings. The first-order valence-corrected chi connectivity index (χ1v) is 11.0. The summed E-state index contributed by atoms with van der Waals surface area (Å²) in [5, 5.41) is 15.4. The molecule has 31 heavy (non-hydrogen) atoms. The summed E-state index contributed by atoms with van der Waals surface area (Å²) < 4.78 is 0. The third-order valence-electron chi connectivity index (χ3n) is 7.20. The minimum Gasteiger partial charge on any atom is -0.480 e. The molecular formula is C24H28N4O3. The second-order valence-corrected chi connectivity index (χ2v) is 9.46. The third-order valence-corrected chi connectivity index (χ3v) is 7.20. The van der Waals surface area contributed by atoms with E-state index in [4.69, 9.17) is 0 Å². The molecule has 1 amide bonds. The molecule has 0 spiro atoms. The molecule has 3 heterocycles. The topological polar surface area (TPSA) is 97.8 Å². The first-order chi connectivity index (χ1) is 14.7. The number of fused-ring (bicyclic) bond motifs is 8. The van der Waals surface area contributed by atoms with Crippen molar-refractivity contribution in [3.05, 3.63) is 40.2 Å². The molecule has 3 N–H and O–H groups in total. The van der Waals surface area contributed by atoms with Gasteiger partial charge in [0.15, 0.2) is 0 Å². The molecule has 0 saturated heterocycles. The standard InChI is InChI=1S/C24H28N4O3/c1-12-14-6-5-7-15-16-10-20-17(24(3,4)23(31)28(20)13(2)22(29)30)11-19(16)25-21(15)18(9-8-14)27-26-12/h10-11,13,25-26H,5-9H2,1-4H3,(H,29,30). The van der Waals surface area contributed by atoms with Crippen LogP contribution in [0.5, 0.6) is 0 Å². The van der Waals surface area contributed by atoms with Gasteiger partial charge in [0.25, 0.3) is 0 Å². The molecule has 1 unspecified atom stereocenters. The van der Waals surface area contributed by atoms with Gasteiger partial charge in [-0.15, -0.1) is 0 Å². The van der Waals surface area contributed by atoms with Gasteiger partial charge in [-0.2, -0.15) is 5.10 Å². The lowest BCUT2D eigenvalue weighted by molar-refractivity contribution is -0.139. The molecule has 2 aromatic rings. The number of amides is 1. The highest BCUT2D eigenvalue weighted by atomic mass is 16.4. The molecule has 1 atom stereocenters. The summed E-state index contributed by atoms with van der Waals surface area (Å²) in [5.41, 5.74) is 10.9. The molecule has 0 radical (unpaired) electrons. The molecule has 2 aliphatic heterocycles. The molecule has 2 bridgehead atoms. The Balaban J connectivity index is 1.72. The summed E-state index contributed by atoms with van der Waals surface area (Å²) >= 11 is 0. The molecule has 1 aromatic heterocycles. The zero-order chi connectivity index (χ0) is 22.1.